The lowest BCUT2D eigenvalue weighted by Crippen LogP contribution is -2.38. The number of hydrogen-bond acceptors (Lipinski definition) is 9. The number of anilines is 2. The molecular weight excluding hydrogens is 621 g/mol. The minimum atomic E-state index is -4.63. The Labute approximate surface area is 266 Å². The Balaban J connectivity index is 0.00000160. The van der Waals surface area contributed by atoms with Gasteiger partial charge in [0.1, 0.15) is 12.6 Å². The van der Waals surface area contributed by atoms with E-state index in [0.29, 0.717) is 36.1 Å². The Morgan fingerprint density at radius 3 is 2.64 bits per heavy atom. The molecular formula is C32H29F3N6O6. The average Bonchev–Trinajstić information content (AvgIpc) is 3.44. The Morgan fingerprint density at radius 2 is 1.98 bits per heavy atom. The number of pyridine rings is 1. The molecule has 1 aliphatic heterocycles. The highest BCUT2D eigenvalue weighted by atomic mass is 19.4. The summed E-state index contributed by atoms with van der Waals surface area (Å²) in [5.74, 6) is -0.800. The van der Waals surface area contributed by atoms with Gasteiger partial charge >= 0.3 is 17.8 Å². The van der Waals surface area contributed by atoms with Crippen molar-refractivity contribution in [1.82, 2.24) is 14.8 Å². The molecule has 0 spiro atoms. The van der Waals surface area contributed by atoms with Crippen molar-refractivity contribution in [3.8, 4) is 6.07 Å². The van der Waals surface area contributed by atoms with Crippen LogP contribution in [0.3, 0.4) is 0 Å². The van der Waals surface area contributed by atoms with Crippen LogP contribution in [0.1, 0.15) is 47.2 Å². The lowest BCUT2D eigenvalue weighted by Gasteiger charge is -2.36. The molecule has 0 aliphatic carbocycles. The molecule has 3 heterocycles. The van der Waals surface area contributed by atoms with Crippen LogP contribution >= 0.6 is 0 Å². The number of nitriles is 1. The number of nitrogens with one attached hydrogen (secondary N) is 1. The van der Waals surface area contributed by atoms with Gasteiger partial charge in [-0.2, -0.15) is 18.4 Å². The highest BCUT2D eigenvalue weighted by molar-refractivity contribution is 5.93. The number of rotatable bonds is 8. The van der Waals surface area contributed by atoms with Crippen LogP contribution < -0.4 is 20.3 Å². The van der Waals surface area contributed by atoms with Crippen LogP contribution in [-0.2, 0) is 40.1 Å². The van der Waals surface area contributed by atoms with E-state index >= 15 is 0 Å². The monoisotopic (exact) mass is 650 g/mol. The minimum absolute atomic E-state index is 0.0174. The molecule has 47 heavy (non-hydrogen) atoms. The van der Waals surface area contributed by atoms with E-state index in [-0.39, 0.29) is 29.5 Å². The topological polar surface area (TPSA) is 168 Å². The number of allylic oxidation sites excluding steroid dienone is 1. The molecule has 5 rings (SSSR count). The zero-order valence-electron chi connectivity index (χ0n) is 25.2. The van der Waals surface area contributed by atoms with E-state index in [1.54, 1.807) is 31.2 Å². The summed E-state index contributed by atoms with van der Waals surface area (Å²) in [6.45, 7) is 1.53. The number of aromatic nitrogens is 4. The number of nitrogens with zero attached hydrogens (tertiary/aromatic N) is 5. The molecule has 0 radical (unpaired) electrons. The smallest absolute Gasteiger partial charge is 0.416 e. The number of ether oxygens (including phenoxy) is 1. The molecule has 15 heteroatoms. The highest BCUT2D eigenvalue weighted by Crippen LogP contribution is 2.43. The number of aryl methyl sites for hydroxylation is 2. The van der Waals surface area contributed by atoms with Crippen LogP contribution in [0.5, 0.6) is 0 Å². The van der Waals surface area contributed by atoms with Gasteiger partial charge in [0.25, 0.3) is 0 Å². The Hall–Kier alpha value is -5.75. The SMILES string of the molecule is COC(=O)C1=C(C)N(c2cccc(C(F)(F)F)c2)c2n[nH]c(=O)n2C1c1ccc(C#N)cc1CCC[n+]1cccc(CO)c1.O=C[O-]. The van der Waals surface area contributed by atoms with Crippen LogP contribution in [0.4, 0.5) is 24.8 Å². The molecule has 12 nitrogen and oxygen atoms in total. The summed E-state index contributed by atoms with van der Waals surface area (Å²) in [7, 11) is 1.18. The number of alkyl halides is 3. The average molecular weight is 651 g/mol. The summed E-state index contributed by atoms with van der Waals surface area (Å²) in [5, 5.41) is 33.9. The predicted molar refractivity (Wildman–Crippen MR) is 157 cm³/mol. The van der Waals surface area contributed by atoms with E-state index < -0.39 is 35.9 Å². The molecule has 0 bridgehead atoms. The third-order valence-electron chi connectivity index (χ3n) is 7.51. The molecule has 1 unspecified atom stereocenters. The summed E-state index contributed by atoms with van der Waals surface area (Å²) < 4.78 is 49.1. The van der Waals surface area contributed by atoms with Gasteiger partial charge in [0.05, 0.1) is 36.5 Å². The maximum Gasteiger partial charge on any atom is 0.416 e. The fourth-order valence-electron chi connectivity index (χ4n) is 5.50. The molecule has 1 atom stereocenters. The summed E-state index contributed by atoms with van der Waals surface area (Å²) in [4.78, 5) is 36.2. The molecule has 1 aliphatic rings. The number of benzene rings is 2. The number of methoxy groups -OCH3 is 1. The van der Waals surface area contributed by atoms with Crippen LogP contribution in [0.15, 0.2) is 83.1 Å². The third kappa shape index (κ3) is 7.23. The first-order chi connectivity index (χ1) is 22.5. The van der Waals surface area contributed by atoms with Crippen LogP contribution in [0, 0.1) is 11.3 Å². The van der Waals surface area contributed by atoms with Gasteiger partial charge in [-0.3, -0.25) is 4.90 Å². The minimum Gasteiger partial charge on any atom is -0.554 e. The molecule has 0 saturated heterocycles. The van der Waals surface area contributed by atoms with Gasteiger partial charge in [0.15, 0.2) is 12.4 Å². The maximum atomic E-state index is 13.6. The van der Waals surface area contributed by atoms with Gasteiger partial charge in [0.2, 0.25) is 5.95 Å². The number of H-pyrrole nitrogens is 1. The zero-order valence-corrected chi connectivity index (χ0v) is 25.2. The normalized spacial score (nSPS) is 14.1. The van der Waals surface area contributed by atoms with E-state index in [9.17, 15) is 33.1 Å². The Morgan fingerprint density at radius 1 is 1.23 bits per heavy atom. The number of carbonyl (C=O) groups is 2. The van der Waals surface area contributed by atoms with Crippen molar-refractivity contribution in [1.29, 1.82) is 5.26 Å². The highest BCUT2D eigenvalue weighted by Gasteiger charge is 2.41. The summed E-state index contributed by atoms with van der Waals surface area (Å²) in [6, 6.07) is 14.1. The number of hydrogen-bond donors (Lipinski definition) is 2. The summed E-state index contributed by atoms with van der Waals surface area (Å²) in [5.41, 5.74) is 1.03. The number of halogens is 3. The van der Waals surface area contributed by atoms with Gasteiger partial charge in [0, 0.05) is 35.9 Å². The van der Waals surface area contributed by atoms with Crippen molar-refractivity contribution < 1.29 is 42.3 Å². The van der Waals surface area contributed by atoms with Crippen molar-refractivity contribution in [2.24, 2.45) is 0 Å². The fraction of sp³-hybridized carbons (Fsp3) is 0.250. The van der Waals surface area contributed by atoms with E-state index in [4.69, 9.17) is 14.6 Å². The van der Waals surface area contributed by atoms with Crippen molar-refractivity contribution >= 4 is 24.1 Å². The van der Waals surface area contributed by atoms with Crippen molar-refractivity contribution in [2.75, 3.05) is 12.0 Å². The van der Waals surface area contributed by atoms with Crippen LogP contribution in [0.2, 0.25) is 0 Å². The van der Waals surface area contributed by atoms with Crippen LogP contribution in [-0.4, -0.2) is 39.4 Å². The molecule has 0 saturated carbocycles. The molecule has 0 fully saturated rings. The van der Waals surface area contributed by atoms with Crippen molar-refractivity contribution in [3.63, 3.8) is 0 Å². The van der Waals surface area contributed by atoms with Gasteiger partial charge in [-0.1, -0.05) is 12.1 Å². The lowest BCUT2D eigenvalue weighted by molar-refractivity contribution is -0.697. The Bertz CT molecular complexity index is 1910. The molecule has 4 aromatic rings. The number of carbonyl (C=O) groups excluding carboxylic acids is 2. The third-order valence-corrected chi connectivity index (χ3v) is 7.51. The fourth-order valence-corrected chi connectivity index (χ4v) is 5.50. The summed E-state index contributed by atoms with van der Waals surface area (Å²) in [6.07, 6.45) is 0.124. The molecule has 2 aromatic carbocycles. The second-order valence-corrected chi connectivity index (χ2v) is 10.3. The van der Waals surface area contributed by atoms with Gasteiger partial charge in [-0.05, 0) is 60.9 Å². The van der Waals surface area contributed by atoms with E-state index in [1.165, 1.54) is 28.7 Å². The number of fused-ring (bicyclic) bond motifs is 1. The first kappa shape index (κ1) is 34.1. The number of aliphatic hydroxyl groups is 1. The van der Waals surface area contributed by atoms with E-state index in [2.05, 4.69) is 16.3 Å². The number of aliphatic hydroxyl groups excluding tert-OH is 1. The lowest BCUT2D eigenvalue weighted by atomic mass is 9.88. The quantitative estimate of drug-likeness (QED) is 0.165. The number of aromatic amines is 1. The van der Waals surface area contributed by atoms with Crippen LogP contribution in [0.25, 0.3) is 0 Å². The Kier molecular flexibility index (Phi) is 10.6. The molecule has 2 aromatic heterocycles. The van der Waals surface area contributed by atoms with Gasteiger partial charge < -0.3 is 19.7 Å². The van der Waals surface area contributed by atoms with Gasteiger partial charge in [-0.15, -0.1) is 5.10 Å². The number of carboxylic acid groups (broad SMARTS) is 1. The zero-order chi connectivity index (χ0) is 34.3. The van der Waals surface area contributed by atoms with Crippen molar-refractivity contribution in [2.45, 2.75) is 45.1 Å². The molecule has 0 amide bonds. The first-order valence-corrected chi connectivity index (χ1v) is 14.1. The van der Waals surface area contributed by atoms with Crippen molar-refractivity contribution in [3.05, 3.63) is 117 Å². The summed E-state index contributed by atoms with van der Waals surface area (Å²) >= 11 is 0. The molecule has 2 N–H and O–H groups in total. The molecule has 244 valence electrons. The second-order valence-electron chi connectivity index (χ2n) is 10.3. The first-order valence-electron chi connectivity index (χ1n) is 14.1. The second kappa shape index (κ2) is 14.6. The predicted octanol–water partition coefficient (Wildman–Crippen LogP) is 2.43. The van der Waals surface area contributed by atoms with E-state index in [1.807, 2.05) is 23.0 Å². The van der Waals surface area contributed by atoms with E-state index in [0.717, 1.165) is 17.7 Å². The number of esters is 1. The largest absolute Gasteiger partial charge is 0.554 e. The maximum absolute atomic E-state index is 13.6. The standard InChI is InChI=1S/C31H27F3N6O4.CH2O2/c1-19-26(28(42)44-2)27(40-29(36-37-30(40)43)39(19)24-9-3-8-23(15-24)31(32,33)34)25-11-10-20(16-35)14-22(25)7-5-13-38-12-4-6-21(17-38)18-41;2-1-3/h3-4,6,8-12,14-15,17,27,41H,5,7,13,18H2,1-2H3;1H,(H,2,3). The van der Waals surface area contributed by atoms with Gasteiger partial charge in [-0.25, -0.2) is 23.8 Å².